The minimum absolute atomic E-state index is 0.233. The third-order valence-corrected chi connectivity index (χ3v) is 2.43. The highest BCUT2D eigenvalue weighted by Gasteiger charge is 2.10. The molecule has 6 nitrogen and oxygen atoms in total. The van der Waals surface area contributed by atoms with Gasteiger partial charge >= 0.3 is 5.88 Å². The van der Waals surface area contributed by atoms with E-state index in [4.69, 9.17) is 4.42 Å². The fourth-order valence-electron chi connectivity index (χ4n) is 1.49. The van der Waals surface area contributed by atoms with E-state index in [1.54, 1.807) is 12.3 Å². The average molecular weight is 247 g/mol. The number of aromatic nitrogens is 1. The van der Waals surface area contributed by atoms with E-state index < -0.39 is 4.92 Å². The summed E-state index contributed by atoms with van der Waals surface area (Å²) < 4.78 is 5.02. The molecule has 0 unspecified atom stereocenters. The summed E-state index contributed by atoms with van der Waals surface area (Å²) >= 11 is 0. The van der Waals surface area contributed by atoms with Crippen molar-refractivity contribution in [2.75, 3.05) is 0 Å². The van der Waals surface area contributed by atoms with Crippen molar-refractivity contribution in [1.29, 1.82) is 0 Å². The van der Waals surface area contributed by atoms with Crippen LogP contribution in [0.2, 0.25) is 0 Å². The second-order valence-electron chi connectivity index (χ2n) is 3.91. The monoisotopic (exact) mass is 247 g/mol. The molecule has 0 bridgehead atoms. The smallest absolute Gasteiger partial charge is 0.404 e. The molecule has 0 spiro atoms. The van der Waals surface area contributed by atoms with Crippen LogP contribution in [0.4, 0.5) is 5.88 Å². The van der Waals surface area contributed by atoms with Crippen LogP contribution >= 0.6 is 0 Å². The molecule has 0 saturated heterocycles. The van der Waals surface area contributed by atoms with Crippen molar-refractivity contribution in [1.82, 2.24) is 10.3 Å². The SMILES string of the molecule is Cc1ccc(CNCc2ccc([N+](=O)[O-])o2)cn1. The van der Waals surface area contributed by atoms with Crippen LogP contribution in [0.25, 0.3) is 0 Å². The Balaban J connectivity index is 1.84. The van der Waals surface area contributed by atoms with Gasteiger partial charge < -0.3 is 9.73 Å². The van der Waals surface area contributed by atoms with E-state index in [9.17, 15) is 10.1 Å². The lowest BCUT2D eigenvalue weighted by atomic mass is 10.2. The number of nitro groups is 1. The minimum atomic E-state index is -0.548. The molecule has 94 valence electrons. The van der Waals surface area contributed by atoms with Crippen LogP contribution in [0.3, 0.4) is 0 Å². The highest BCUT2D eigenvalue weighted by molar-refractivity contribution is 5.18. The van der Waals surface area contributed by atoms with E-state index in [0.717, 1.165) is 11.3 Å². The Bertz CT molecular complexity index is 534. The minimum Gasteiger partial charge on any atom is -0.404 e. The van der Waals surface area contributed by atoms with Gasteiger partial charge in [0.2, 0.25) is 0 Å². The highest BCUT2D eigenvalue weighted by Crippen LogP contribution is 2.15. The molecule has 2 rings (SSSR count). The summed E-state index contributed by atoms with van der Waals surface area (Å²) in [5.41, 5.74) is 2.03. The molecule has 0 fully saturated rings. The van der Waals surface area contributed by atoms with Crippen molar-refractivity contribution in [2.24, 2.45) is 0 Å². The number of hydrogen-bond donors (Lipinski definition) is 1. The van der Waals surface area contributed by atoms with Crippen LogP contribution in [0, 0.1) is 17.0 Å². The van der Waals surface area contributed by atoms with Gasteiger partial charge in [0, 0.05) is 18.4 Å². The first-order valence-corrected chi connectivity index (χ1v) is 5.50. The van der Waals surface area contributed by atoms with Crippen LogP contribution < -0.4 is 5.32 Å². The van der Waals surface area contributed by atoms with Gasteiger partial charge in [-0.05, 0) is 24.6 Å². The molecule has 6 heteroatoms. The van der Waals surface area contributed by atoms with Gasteiger partial charge in [-0.15, -0.1) is 0 Å². The fraction of sp³-hybridized carbons (Fsp3) is 0.250. The van der Waals surface area contributed by atoms with Crippen molar-refractivity contribution in [3.63, 3.8) is 0 Å². The van der Waals surface area contributed by atoms with Gasteiger partial charge in [0.25, 0.3) is 0 Å². The van der Waals surface area contributed by atoms with Crippen LogP contribution in [-0.2, 0) is 13.1 Å². The van der Waals surface area contributed by atoms with Gasteiger partial charge in [-0.2, -0.15) is 0 Å². The molecule has 2 aromatic heterocycles. The van der Waals surface area contributed by atoms with Crippen LogP contribution in [0.15, 0.2) is 34.9 Å². The molecule has 0 aliphatic rings. The van der Waals surface area contributed by atoms with Crippen LogP contribution in [-0.4, -0.2) is 9.91 Å². The Labute approximate surface area is 104 Å². The van der Waals surface area contributed by atoms with E-state index in [0.29, 0.717) is 18.8 Å². The van der Waals surface area contributed by atoms with Crippen molar-refractivity contribution >= 4 is 5.88 Å². The quantitative estimate of drug-likeness (QED) is 0.647. The van der Waals surface area contributed by atoms with Gasteiger partial charge in [-0.25, -0.2) is 0 Å². The Hall–Kier alpha value is -2.21. The predicted molar refractivity (Wildman–Crippen MR) is 64.9 cm³/mol. The molecule has 18 heavy (non-hydrogen) atoms. The number of furan rings is 1. The van der Waals surface area contributed by atoms with E-state index in [1.165, 1.54) is 6.07 Å². The molecule has 0 atom stereocenters. The first kappa shape index (κ1) is 12.3. The lowest BCUT2D eigenvalue weighted by molar-refractivity contribution is -0.402. The van der Waals surface area contributed by atoms with E-state index in [-0.39, 0.29) is 5.88 Å². The summed E-state index contributed by atoms with van der Waals surface area (Å²) in [7, 11) is 0. The van der Waals surface area contributed by atoms with Gasteiger partial charge in [-0.3, -0.25) is 15.1 Å². The molecule has 0 aromatic carbocycles. The highest BCUT2D eigenvalue weighted by atomic mass is 16.6. The molecule has 0 saturated carbocycles. The van der Waals surface area contributed by atoms with Crippen molar-refractivity contribution in [2.45, 2.75) is 20.0 Å². The lowest BCUT2D eigenvalue weighted by Gasteiger charge is -2.02. The van der Waals surface area contributed by atoms with Crippen molar-refractivity contribution in [3.8, 4) is 0 Å². The normalized spacial score (nSPS) is 10.5. The number of pyridine rings is 1. The molecular weight excluding hydrogens is 234 g/mol. The molecule has 0 aliphatic heterocycles. The van der Waals surface area contributed by atoms with Gasteiger partial charge in [0.05, 0.1) is 12.6 Å². The Morgan fingerprint density at radius 2 is 2.17 bits per heavy atom. The van der Waals surface area contributed by atoms with Crippen molar-refractivity contribution < 1.29 is 9.34 Å². The Morgan fingerprint density at radius 1 is 1.33 bits per heavy atom. The first-order chi connectivity index (χ1) is 8.65. The van der Waals surface area contributed by atoms with Crippen LogP contribution in [0.1, 0.15) is 17.0 Å². The maximum atomic E-state index is 10.4. The molecular formula is C12H13N3O3. The van der Waals surface area contributed by atoms with E-state index in [1.807, 2.05) is 19.1 Å². The van der Waals surface area contributed by atoms with Crippen molar-refractivity contribution in [3.05, 3.63) is 57.6 Å². The second-order valence-corrected chi connectivity index (χ2v) is 3.91. The molecule has 0 radical (unpaired) electrons. The number of rotatable bonds is 5. The number of hydrogen-bond acceptors (Lipinski definition) is 5. The molecule has 0 amide bonds. The maximum Gasteiger partial charge on any atom is 0.433 e. The van der Waals surface area contributed by atoms with Gasteiger partial charge in [0.1, 0.15) is 10.7 Å². The third-order valence-electron chi connectivity index (χ3n) is 2.43. The largest absolute Gasteiger partial charge is 0.433 e. The first-order valence-electron chi connectivity index (χ1n) is 5.50. The number of nitrogens with zero attached hydrogens (tertiary/aromatic N) is 2. The summed E-state index contributed by atoms with van der Waals surface area (Å²) in [6, 6.07) is 6.87. The summed E-state index contributed by atoms with van der Waals surface area (Å²) in [5, 5.41) is 13.6. The van der Waals surface area contributed by atoms with E-state index in [2.05, 4.69) is 10.3 Å². The third kappa shape index (κ3) is 3.14. The van der Waals surface area contributed by atoms with Gasteiger partial charge in [0.15, 0.2) is 0 Å². The summed E-state index contributed by atoms with van der Waals surface area (Å²) in [6.45, 7) is 3.02. The summed E-state index contributed by atoms with van der Waals surface area (Å²) in [4.78, 5) is 14.1. The topological polar surface area (TPSA) is 81.2 Å². The zero-order valence-electron chi connectivity index (χ0n) is 9.92. The second kappa shape index (κ2) is 5.42. The molecule has 2 heterocycles. The zero-order valence-corrected chi connectivity index (χ0v) is 9.92. The molecule has 2 aromatic rings. The number of aryl methyl sites for hydroxylation is 1. The zero-order chi connectivity index (χ0) is 13.0. The number of nitrogens with one attached hydrogen (secondary N) is 1. The standard InChI is InChI=1S/C12H13N3O3/c1-9-2-3-10(7-14-9)6-13-8-11-4-5-12(18-11)15(16)17/h2-5,7,13H,6,8H2,1H3. The Kier molecular flexibility index (Phi) is 3.69. The van der Waals surface area contributed by atoms with Crippen LogP contribution in [0.5, 0.6) is 0 Å². The van der Waals surface area contributed by atoms with E-state index >= 15 is 0 Å². The average Bonchev–Trinajstić information content (AvgIpc) is 2.81. The van der Waals surface area contributed by atoms with Gasteiger partial charge in [-0.1, -0.05) is 6.07 Å². The Morgan fingerprint density at radius 3 is 2.78 bits per heavy atom. The fourth-order valence-corrected chi connectivity index (χ4v) is 1.49. The molecule has 0 aliphatic carbocycles. The lowest BCUT2D eigenvalue weighted by Crippen LogP contribution is -2.12. The predicted octanol–water partition coefficient (Wildman–Crippen LogP) is 2.18. The summed E-state index contributed by atoms with van der Waals surface area (Å²) in [5.74, 6) is 0.311. The summed E-state index contributed by atoms with van der Waals surface area (Å²) in [6.07, 6.45) is 1.80. The molecule has 1 N–H and O–H groups in total. The maximum absolute atomic E-state index is 10.4.